The van der Waals surface area contributed by atoms with Crippen molar-refractivity contribution in [2.75, 3.05) is 13.7 Å². The second-order valence-corrected chi connectivity index (χ2v) is 8.53. The van der Waals surface area contributed by atoms with E-state index in [2.05, 4.69) is 0 Å². The zero-order valence-corrected chi connectivity index (χ0v) is 19.5. The number of carbonyl (C=O) groups excluding carboxylic acids is 1. The number of hydrogen-bond acceptors (Lipinski definition) is 5. The van der Waals surface area contributed by atoms with Gasteiger partial charge in [-0.15, -0.1) is 0 Å². The Bertz CT molecular complexity index is 1170. The fourth-order valence-corrected chi connectivity index (χ4v) is 4.55. The van der Waals surface area contributed by atoms with Gasteiger partial charge >= 0.3 is 11.9 Å². The predicted molar refractivity (Wildman–Crippen MR) is 130 cm³/mol. The highest BCUT2D eigenvalue weighted by molar-refractivity contribution is 5.94. The Labute approximate surface area is 199 Å². The van der Waals surface area contributed by atoms with E-state index in [-0.39, 0.29) is 0 Å². The molecule has 0 saturated carbocycles. The van der Waals surface area contributed by atoms with Crippen LogP contribution in [0.3, 0.4) is 0 Å². The van der Waals surface area contributed by atoms with Crippen molar-refractivity contribution in [3.63, 3.8) is 0 Å². The third-order valence-corrected chi connectivity index (χ3v) is 6.38. The highest BCUT2D eigenvalue weighted by atomic mass is 16.5. The standard InChI is InChI=1S/C28H29NO5/c1-19-23(20-9-4-3-5-10-20)11-8-12-24(19)28(32)34-22-15-14-21(26(17-22)33-2)18-29-16-7-6-13-25(29)27(30)31/h3-5,8-12,14-15,17,25H,6-7,13,16,18H2,1-2H3,(H,30,31)/t25-/m0/s1. The number of nitrogens with zero attached hydrogens (tertiary/aromatic N) is 1. The van der Waals surface area contributed by atoms with Gasteiger partial charge in [0.2, 0.25) is 0 Å². The van der Waals surface area contributed by atoms with Gasteiger partial charge in [0.15, 0.2) is 0 Å². The summed E-state index contributed by atoms with van der Waals surface area (Å²) < 4.78 is 11.2. The van der Waals surface area contributed by atoms with Crippen molar-refractivity contribution in [3.05, 3.63) is 83.4 Å². The number of benzene rings is 3. The molecule has 176 valence electrons. The van der Waals surface area contributed by atoms with E-state index in [0.717, 1.165) is 41.6 Å². The van der Waals surface area contributed by atoms with Gasteiger partial charge in [-0.25, -0.2) is 4.79 Å². The number of ether oxygens (including phenoxy) is 2. The number of aliphatic carboxylic acids is 1. The summed E-state index contributed by atoms with van der Waals surface area (Å²) in [7, 11) is 1.56. The number of hydrogen-bond donors (Lipinski definition) is 1. The van der Waals surface area contributed by atoms with Crippen LogP contribution in [0.1, 0.15) is 40.7 Å². The third kappa shape index (κ3) is 5.13. The lowest BCUT2D eigenvalue weighted by Gasteiger charge is -2.33. The van der Waals surface area contributed by atoms with Gasteiger partial charge in [0.1, 0.15) is 17.5 Å². The molecule has 0 bridgehead atoms. The molecule has 1 atom stereocenters. The van der Waals surface area contributed by atoms with Gasteiger partial charge in [-0.2, -0.15) is 0 Å². The van der Waals surface area contributed by atoms with E-state index in [1.807, 2.05) is 60.4 Å². The highest BCUT2D eigenvalue weighted by Gasteiger charge is 2.29. The van der Waals surface area contributed by atoms with E-state index in [0.29, 0.717) is 30.0 Å². The van der Waals surface area contributed by atoms with Crippen LogP contribution < -0.4 is 9.47 Å². The van der Waals surface area contributed by atoms with Gasteiger partial charge in [0.05, 0.1) is 12.7 Å². The van der Waals surface area contributed by atoms with Gasteiger partial charge in [-0.05, 0) is 55.1 Å². The molecular formula is C28H29NO5. The average Bonchev–Trinajstić information content (AvgIpc) is 2.85. The maximum Gasteiger partial charge on any atom is 0.343 e. The first-order valence-electron chi connectivity index (χ1n) is 11.5. The van der Waals surface area contributed by atoms with Crippen molar-refractivity contribution in [1.82, 2.24) is 4.90 Å². The quantitative estimate of drug-likeness (QED) is 0.380. The van der Waals surface area contributed by atoms with Crippen LogP contribution in [0.4, 0.5) is 0 Å². The smallest absolute Gasteiger partial charge is 0.343 e. The van der Waals surface area contributed by atoms with Crippen LogP contribution in [0.2, 0.25) is 0 Å². The summed E-state index contributed by atoms with van der Waals surface area (Å²) in [6.07, 6.45) is 2.54. The maximum atomic E-state index is 13.0. The molecule has 1 saturated heterocycles. The molecule has 4 rings (SSSR count). The van der Waals surface area contributed by atoms with Crippen LogP contribution in [-0.2, 0) is 11.3 Å². The molecule has 0 amide bonds. The summed E-state index contributed by atoms with van der Waals surface area (Å²) in [5.41, 5.74) is 4.24. The molecule has 34 heavy (non-hydrogen) atoms. The lowest BCUT2D eigenvalue weighted by molar-refractivity contribution is -0.144. The van der Waals surface area contributed by atoms with Gasteiger partial charge in [-0.1, -0.05) is 55.0 Å². The second kappa shape index (κ2) is 10.5. The van der Waals surface area contributed by atoms with Gasteiger partial charge in [0.25, 0.3) is 0 Å². The topological polar surface area (TPSA) is 76.1 Å². The van der Waals surface area contributed by atoms with E-state index in [1.165, 1.54) is 0 Å². The molecule has 0 unspecified atom stereocenters. The number of piperidine rings is 1. The van der Waals surface area contributed by atoms with Crippen molar-refractivity contribution < 1.29 is 24.2 Å². The number of esters is 1. The van der Waals surface area contributed by atoms with Gasteiger partial charge in [0, 0.05) is 18.2 Å². The highest BCUT2D eigenvalue weighted by Crippen LogP contribution is 2.30. The summed E-state index contributed by atoms with van der Waals surface area (Å²) in [6.45, 7) is 3.11. The van der Waals surface area contributed by atoms with Crippen molar-refractivity contribution in [1.29, 1.82) is 0 Å². The fourth-order valence-electron chi connectivity index (χ4n) is 4.55. The van der Waals surface area contributed by atoms with Crippen molar-refractivity contribution in [2.45, 2.75) is 38.8 Å². The molecule has 1 N–H and O–H groups in total. The molecule has 6 nitrogen and oxygen atoms in total. The number of carboxylic acid groups (broad SMARTS) is 1. The molecule has 0 radical (unpaired) electrons. The Hall–Kier alpha value is -3.64. The molecule has 0 spiro atoms. The molecular weight excluding hydrogens is 430 g/mol. The minimum Gasteiger partial charge on any atom is -0.496 e. The van der Waals surface area contributed by atoms with E-state index in [1.54, 1.807) is 25.3 Å². The fraction of sp³-hybridized carbons (Fsp3) is 0.286. The van der Waals surface area contributed by atoms with Crippen molar-refractivity contribution in [2.24, 2.45) is 0 Å². The summed E-state index contributed by atoms with van der Waals surface area (Å²) in [5.74, 6) is -0.289. The number of carbonyl (C=O) groups is 2. The van der Waals surface area contributed by atoms with Gasteiger partial charge < -0.3 is 14.6 Å². The minimum absolute atomic E-state index is 0.378. The summed E-state index contributed by atoms with van der Waals surface area (Å²) in [4.78, 5) is 26.6. The van der Waals surface area contributed by atoms with E-state index >= 15 is 0 Å². The number of likely N-dealkylation sites (tertiary alicyclic amines) is 1. The first-order chi connectivity index (χ1) is 16.5. The summed E-state index contributed by atoms with van der Waals surface area (Å²) in [6, 6.07) is 20.3. The molecule has 1 fully saturated rings. The second-order valence-electron chi connectivity index (χ2n) is 8.53. The minimum atomic E-state index is -0.794. The van der Waals surface area contributed by atoms with Crippen molar-refractivity contribution >= 4 is 11.9 Å². The van der Waals surface area contributed by atoms with Crippen LogP contribution in [0.5, 0.6) is 11.5 Å². The molecule has 0 aliphatic carbocycles. The van der Waals surface area contributed by atoms with Crippen molar-refractivity contribution in [3.8, 4) is 22.6 Å². The first kappa shape index (κ1) is 23.5. The monoisotopic (exact) mass is 459 g/mol. The molecule has 0 aromatic heterocycles. The lowest BCUT2D eigenvalue weighted by Crippen LogP contribution is -2.44. The Morgan fingerprint density at radius 1 is 1.03 bits per heavy atom. The Morgan fingerprint density at radius 3 is 2.56 bits per heavy atom. The molecule has 3 aromatic rings. The summed E-state index contributed by atoms with van der Waals surface area (Å²) >= 11 is 0. The van der Waals surface area contributed by atoms with E-state index < -0.39 is 18.0 Å². The molecule has 1 aliphatic heterocycles. The average molecular weight is 460 g/mol. The number of rotatable bonds is 7. The van der Waals surface area contributed by atoms with E-state index in [9.17, 15) is 14.7 Å². The SMILES string of the molecule is COc1cc(OC(=O)c2cccc(-c3ccccc3)c2C)ccc1CN1CCCC[C@H]1C(=O)O. The largest absolute Gasteiger partial charge is 0.496 e. The zero-order chi connectivity index (χ0) is 24.1. The lowest BCUT2D eigenvalue weighted by atomic mass is 9.96. The Balaban J connectivity index is 1.53. The number of carboxylic acids is 1. The third-order valence-electron chi connectivity index (χ3n) is 6.38. The number of methoxy groups -OCH3 is 1. The first-order valence-corrected chi connectivity index (χ1v) is 11.5. The van der Waals surface area contributed by atoms with Crippen LogP contribution in [0.25, 0.3) is 11.1 Å². The maximum absolute atomic E-state index is 13.0. The predicted octanol–water partition coefficient (Wildman–Crippen LogP) is 5.33. The zero-order valence-electron chi connectivity index (χ0n) is 19.5. The molecule has 3 aromatic carbocycles. The normalized spacial score (nSPS) is 16.1. The van der Waals surface area contributed by atoms with Crippen LogP contribution in [0, 0.1) is 6.92 Å². The molecule has 6 heteroatoms. The van der Waals surface area contributed by atoms with Gasteiger partial charge in [-0.3, -0.25) is 9.69 Å². The van der Waals surface area contributed by atoms with Crippen LogP contribution >= 0.6 is 0 Å². The summed E-state index contributed by atoms with van der Waals surface area (Å²) in [5, 5.41) is 9.55. The van der Waals surface area contributed by atoms with Crippen LogP contribution in [-0.4, -0.2) is 41.6 Å². The molecule has 1 aliphatic rings. The Kier molecular flexibility index (Phi) is 7.28. The van der Waals surface area contributed by atoms with E-state index in [4.69, 9.17) is 9.47 Å². The molecule has 1 heterocycles. The Morgan fingerprint density at radius 2 is 1.82 bits per heavy atom. The van der Waals surface area contributed by atoms with Crippen LogP contribution in [0.15, 0.2) is 66.7 Å².